The predicted octanol–water partition coefficient (Wildman–Crippen LogP) is 27.4. The molecule has 0 aliphatic carbocycles. The van der Waals surface area contributed by atoms with Crippen LogP contribution in [0.4, 0.5) is 0 Å². The molecule has 0 N–H and O–H groups in total. The summed E-state index contributed by atoms with van der Waals surface area (Å²) in [6, 6.07) is 126. The highest BCUT2D eigenvalue weighted by molar-refractivity contribution is 9.11. The van der Waals surface area contributed by atoms with Crippen LogP contribution in [0.3, 0.4) is 0 Å². The molecule has 11 aromatic carbocycles. The summed E-state index contributed by atoms with van der Waals surface area (Å²) in [6.45, 7) is 0. The van der Waals surface area contributed by atoms with E-state index in [4.69, 9.17) is 24.9 Å². The van der Waals surface area contributed by atoms with Crippen molar-refractivity contribution in [3.63, 3.8) is 0 Å². The Morgan fingerprint density at radius 2 is 0.447 bits per heavy atom. The molecular weight excluding hydrogens is 1590 g/mol. The lowest BCUT2D eigenvalue weighted by molar-refractivity contribution is 1.13. The van der Waals surface area contributed by atoms with E-state index in [9.17, 15) is 0 Å². The van der Waals surface area contributed by atoms with Crippen LogP contribution in [0.5, 0.6) is 0 Å². The zero-order valence-electron chi connectivity index (χ0n) is 61.1. The molecule has 0 bridgehead atoms. The van der Waals surface area contributed by atoms with E-state index in [2.05, 4.69) is 357 Å². The van der Waals surface area contributed by atoms with Crippen molar-refractivity contribution in [3.8, 4) is 118 Å². The second-order valence-corrected chi connectivity index (χ2v) is 30.4. The van der Waals surface area contributed by atoms with E-state index < -0.39 is 0 Å². The summed E-state index contributed by atoms with van der Waals surface area (Å²) in [5.41, 5.74) is 28.5. The number of fused-ring (bicyclic) bond motifs is 9. The second-order valence-electron chi connectivity index (χ2n) is 27.7. The average Bonchev–Trinajstić information content (AvgIpc) is 1.59. The third-order valence-corrected chi connectivity index (χ3v) is 22.1. The van der Waals surface area contributed by atoms with Crippen molar-refractivity contribution in [2.45, 2.75) is 0 Å². The average molecular weight is 1660 g/mol. The fourth-order valence-electron chi connectivity index (χ4n) is 15.2. The van der Waals surface area contributed by atoms with Crippen LogP contribution in [0.15, 0.2) is 408 Å². The molecule has 21 rings (SSSR count). The summed E-state index contributed by atoms with van der Waals surface area (Å²) < 4.78 is 9.86. The van der Waals surface area contributed by atoms with Crippen LogP contribution in [0.25, 0.3) is 184 Å². The highest BCUT2D eigenvalue weighted by atomic mass is 79.9. The fraction of sp³-hybridized carbons (Fsp3) is 0. The Kier molecular flexibility index (Phi) is 19.4. The number of aromatic nitrogens is 10. The minimum absolute atomic E-state index is 0.936. The molecule has 0 amide bonds. The van der Waals surface area contributed by atoms with Gasteiger partial charge in [-0.25, -0.2) is 24.9 Å². The van der Waals surface area contributed by atoms with Gasteiger partial charge in [-0.1, -0.05) is 218 Å². The number of nitrogens with zero attached hydrogens (tertiary/aromatic N) is 10. The molecule has 0 aliphatic heterocycles. The minimum Gasteiger partial charge on any atom is -0.294 e. The lowest BCUT2D eigenvalue weighted by Gasteiger charge is -2.12. The van der Waals surface area contributed by atoms with Crippen molar-refractivity contribution in [3.05, 3.63) is 408 Å². The fourth-order valence-corrected chi connectivity index (χ4v) is 16.3. The van der Waals surface area contributed by atoms with Crippen LogP contribution in [0.2, 0.25) is 0 Å². The standard InChI is InChI=1S/2C34H22BrN3.C33H21BrN4/c35-27-15-18-33-30(22-27)29-12-7-19-36-34(29)38(33)28-16-13-23(14-17-28)26-20-31(24-8-3-1-4-9-24)37-32(21-26)25-10-5-2-6-11-25;35-27-15-18-33-30(22-27)29-12-7-19-36-34(29)38(33)28-16-13-25(14-17-28)32-21-26(23-8-3-1-4-9-23)20-31(37-32)24-10-5-2-6-11-24;34-26-11-14-32-29(21-26)28-6-5-17-37-33(28)38(32)27-12-9-22(10-13-27)23-18-24(30-7-1-3-15-35-30)20-25(19-23)31-8-2-4-16-36-31/h2*1-22H;1-21H. The minimum atomic E-state index is 0.936. The third kappa shape index (κ3) is 14.2. The van der Waals surface area contributed by atoms with Crippen LogP contribution in [-0.2, 0) is 0 Å². The Morgan fingerprint density at radius 1 is 0.175 bits per heavy atom. The maximum atomic E-state index is 5.08. The van der Waals surface area contributed by atoms with Gasteiger partial charge in [-0.05, 0) is 228 Å². The van der Waals surface area contributed by atoms with Crippen molar-refractivity contribution in [2.24, 2.45) is 0 Å². The number of benzene rings is 11. The maximum absolute atomic E-state index is 5.08. The monoisotopic (exact) mass is 1650 g/mol. The Labute approximate surface area is 683 Å². The molecular formula is C101H65Br3N10. The highest BCUT2D eigenvalue weighted by Gasteiger charge is 2.20. The number of hydrogen-bond donors (Lipinski definition) is 0. The number of pyridine rings is 7. The molecule has 0 atom stereocenters. The number of rotatable bonds is 12. The van der Waals surface area contributed by atoms with Gasteiger partial charge in [0.15, 0.2) is 0 Å². The lowest BCUT2D eigenvalue weighted by atomic mass is 9.96. The van der Waals surface area contributed by atoms with Crippen LogP contribution >= 0.6 is 47.8 Å². The van der Waals surface area contributed by atoms with E-state index in [-0.39, 0.29) is 0 Å². The molecule has 114 heavy (non-hydrogen) atoms. The van der Waals surface area contributed by atoms with Crippen molar-refractivity contribution >= 4 is 114 Å². The van der Waals surface area contributed by atoms with Gasteiger partial charge < -0.3 is 0 Å². The first-order valence-electron chi connectivity index (χ1n) is 37.4. The van der Waals surface area contributed by atoms with Crippen molar-refractivity contribution < 1.29 is 0 Å². The van der Waals surface area contributed by atoms with E-state index in [1.54, 1.807) is 0 Å². The Morgan fingerprint density at radius 3 is 0.772 bits per heavy atom. The third-order valence-electron chi connectivity index (χ3n) is 20.6. The Bertz CT molecular complexity index is 6230. The molecule has 540 valence electrons. The van der Waals surface area contributed by atoms with Gasteiger partial charge in [-0.2, -0.15) is 0 Å². The van der Waals surface area contributed by atoms with Gasteiger partial charge in [0.2, 0.25) is 0 Å². The Hall–Kier alpha value is -13.7. The summed E-state index contributed by atoms with van der Waals surface area (Å²) in [4.78, 5) is 33.5. The van der Waals surface area contributed by atoms with E-state index in [1.807, 2.05) is 110 Å². The van der Waals surface area contributed by atoms with Gasteiger partial charge in [0.05, 0.1) is 50.7 Å². The summed E-state index contributed by atoms with van der Waals surface area (Å²) in [6.07, 6.45) is 9.22. The number of hydrogen-bond acceptors (Lipinski definition) is 7. The van der Waals surface area contributed by atoms with Gasteiger partial charge in [0.25, 0.3) is 0 Å². The van der Waals surface area contributed by atoms with Gasteiger partial charge in [0, 0.05) is 127 Å². The summed E-state index contributed by atoms with van der Waals surface area (Å²) >= 11 is 10.9. The highest BCUT2D eigenvalue weighted by Crippen LogP contribution is 2.41. The lowest BCUT2D eigenvalue weighted by Crippen LogP contribution is -1.96. The van der Waals surface area contributed by atoms with Gasteiger partial charge >= 0.3 is 0 Å². The van der Waals surface area contributed by atoms with Crippen LogP contribution in [0.1, 0.15) is 0 Å². The molecule has 0 unspecified atom stereocenters. The van der Waals surface area contributed by atoms with Crippen molar-refractivity contribution in [2.75, 3.05) is 0 Å². The zero-order valence-corrected chi connectivity index (χ0v) is 65.9. The normalized spacial score (nSPS) is 11.3. The largest absolute Gasteiger partial charge is 0.294 e. The molecule has 0 spiro atoms. The van der Waals surface area contributed by atoms with Gasteiger partial charge in [-0.15, -0.1) is 0 Å². The van der Waals surface area contributed by atoms with Crippen molar-refractivity contribution in [1.82, 2.24) is 48.6 Å². The van der Waals surface area contributed by atoms with E-state index in [0.717, 1.165) is 175 Å². The smallest absolute Gasteiger partial charge is 0.145 e. The summed E-state index contributed by atoms with van der Waals surface area (Å²) in [5, 5.41) is 6.95. The van der Waals surface area contributed by atoms with Crippen LogP contribution < -0.4 is 0 Å². The molecule has 10 nitrogen and oxygen atoms in total. The molecule has 0 saturated carbocycles. The SMILES string of the molecule is Brc1ccc2c(c1)c1cccnc1n2-c1ccc(-c2cc(-c3ccccc3)cc(-c3ccccc3)n2)cc1.Brc1ccc2c(c1)c1cccnc1n2-c1ccc(-c2cc(-c3ccccc3)nc(-c3ccccc3)c2)cc1.Brc1ccc2c(c1)c1cccnc1n2-c1ccc(-c2cc(-c3ccccn3)cc(-c3ccccn3)c2)cc1. The molecule has 13 heteroatoms. The molecule has 0 radical (unpaired) electrons. The zero-order chi connectivity index (χ0) is 76.4. The van der Waals surface area contributed by atoms with Crippen molar-refractivity contribution in [1.29, 1.82) is 0 Å². The first kappa shape index (κ1) is 70.7. The number of halogens is 3. The molecule has 21 aromatic rings. The molecule has 0 saturated heterocycles. The first-order chi connectivity index (χ1) is 56.2. The van der Waals surface area contributed by atoms with Crippen LogP contribution in [-0.4, -0.2) is 48.6 Å². The van der Waals surface area contributed by atoms with E-state index in [0.29, 0.717) is 0 Å². The maximum Gasteiger partial charge on any atom is 0.145 e. The molecule has 0 fully saturated rings. The quantitative estimate of drug-likeness (QED) is 0.120. The topological polar surface area (TPSA) is 105 Å². The molecule has 0 aliphatic rings. The molecule has 10 aromatic heterocycles. The van der Waals surface area contributed by atoms with Gasteiger partial charge in [-0.3, -0.25) is 23.7 Å². The summed E-state index contributed by atoms with van der Waals surface area (Å²) in [5.74, 6) is 0. The van der Waals surface area contributed by atoms with E-state index >= 15 is 0 Å². The first-order valence-corrected chi connectivity index (χ1v) is 39.8. The molecule has 10 heterocycles. The second kappa shape index (κ2) is 31.2. The Balaban J connectivity index is 0.000000115. The van der Waals surface area contributed by atoms with Gasteiger partial charge in [0.1, 0.15) is 16.9 Å². The predicted molar refractivity (Wildman–Crippen MR) is 479 cm³/mol. The van der Waals surface area contributed by atoms with Crippen LogP contribution in [0, 0.1) is 0 Å². The summed E-state index contributed by atoms with van der Waals surface area (Å²) in [7, 11) is 0. The van der Waals surface area contributed by atoms with E-state index in [1.165, 1.54) is 21.7 Å².